The summed E-state index contributed by atoms with van der Waals surface area (Å²) < 4.78 is 20.4. The summed E-state index contributed by atoms with van der Waals surface area (Å²) in [6.07, 6.45) is 4.39. The Morgan fingerprint density at radius 3 is 2.55 bits per heavy atom. The molecule has 2 unspecified atom stereocenters. The van der Waals surface area contributed by atoms with E-state index in [1.54, 1.807) is 0 Å². The first-order valence-electron chi connectivity index (χ1n) is 4.22. The topological polar surface area (TPSA) is 40.1 Å². The lowest BCUT2D eigenvalue weighted by Crippen LogP contribution is -2.02. The van der Waals surface area contributed by atoms with Crippen molar-refractivity contribution >= 4 is 11.1 Å². The van der Waals surface area contributed by atoms with Crippen molar-refractivity contribution in [3.63, 3.8) is 0 Å². The largest absolute Gasteiger partial charge is 0.772 e. The van der Waals surface area contributed by atoms with E-state index in [2.05, 4.69) is 13.8 Å². The monoisotopic (exact) mass is 177 g/mol. The van der Waals surface area contributed by atoms with Crippen molar-refractivity contribution in [2.75, 3.05) is 5.75 Å². The third kappa shape index (κ3) is 8.01. The fraction of sp³-hybridized carbons (Fsp3) is 1.00. The van der Waals surface area contributed by atoms with Gasteiger partial charge in [-0.15, -0.1) is 0 Å². The third-order valence-electron chi connectivity index (χ3n) is 1.83. The van der Waals surface area contributed by atoms with Crippen LogP contribution in [0.3, 0.4) is 0 Å². The zero-order chi connectivity index (χ0) is 8.69. The van der Waals surface area contributed by atoms with Crippen LogP contribution in [0, 0.1) is 5.92 Å². The second-order valence-corrected chi connectivity index (χ2v) is 4.06. The molecular weight excluding hydrogens is 160 g/mol. The van der Waals surface area contributed by atoms with Crippen LogP contribution in [0.1, 0.15) is 39.5 Å². The third-order valence-corrected chi connectivity index (χ3v) is 2.40. The minimum absolute atomic E-state index is 0.324. The van der Waals surface area contributed by atoms with Gasteiger partial charge in [0, 0.05) is 5.75 Å². The average molecular weight is 177 g/mol. The molecule has 2 nitrogen and oxygen atoms in total. The Balaban J connectivity index is 3.22. The summed E-state index contributed by atoms with van der Waals surface area (Å²) in [7, 11) is 0. The van der Waals surface area contributed by atoms with E-state index in [9.17, 15) is 8.76 Å². The van der Waals surface area contributed by atoms with Crippen LogP contribution >= 0.6 is 0 Å². The van der Waals surface area contributed by atoms with Gasteiger partial charge in [0.15, 0.2) is 0 Å². The fourth-order valence-electron chi connectivity index (χ4n) is 0.994. The van der Waals surface area contributed by atoms with Gasteiger partial charge in [0.1, 0.15) is 0 Å². The maximum absolute atomic E-state index is 10.2. The molecule has 0 heterocycles. The molecule has 0 aliphatic carbocycles. The van der Waals surface area contributed by atoms with Crippen molar-refractivity contribution in [2.45, 2.75) is 39.5 Å². The molecule has 0 spiro atoms. The number of hydrogen-bond donors (Lipinski definition) is 0. The first-order valence-corrected chi connectivity index (χ1v) is 5.47. The van der Waals surface area contributed by atoms with Gasteiger partial charge in [0.25, 0.3) is 0 Å². The molecule has 0 amide bonds. The molecule has 0 aromatic heterocycles. The highest BCUT2D eigenvalue weighted by molar-refractivity contribution is 7.79. The summed E-state index contributed by atoms with van der Waals surface area (Å²) in [6, 6.07) is 0. The Morgan fingerprint density at radius 1 is 1.45 bits per heavy atom. The highest BCUT2D eigenvalue weighted by atomic mass is 32.2. The molecule has 0 radical (unpaired) electrons. The lowest BCUT2D eigenvalue weighted by molar-refractivity contribution is 0.479. The summed E-state index contributed by atoms with van der Waals surface area (Å²) in [5.74, 6) is 0.887. The second kappa shape index (κ2) is 6.80. The van der Waals surface area contributed by atoms with E-state index >= 15 is 0 Å². The molecule has 0 aliphatic rings. The molecule has 0 saturated carbocycles. The van der Waals surface area contributed by atoms with Crippen LogP contribution in [0.15, 0.2) is 0 Å². The fourth-order valence-corrected chi connectivity index (χ4v) is 1.59. The van der Waals surface area contributed by atoms with Gasteiger partial charge in [0.05, 0.1) is 0 Å². The lowest BCUT2D eigenvalue weighted by Gasteiger charge is -2.11. The van der Waals surface area contributed by atoms with Crippen LogP contribution in [0.4, 0.5) is 0 Å². The van der Waals surface area contributed by atoms with Crippen molar-refractivity contribution in [3.05, 3.63) is 0 Å². The predicted octanol–water partition coefficient (Wildman–Crippen LogP) is 2.08. The zero-order valence-electron chi connectivity index (χ0n) is 7.34. The Morgan fingerprint density at radius 2 is 2.09 bits per heavy atom. The summed E-state index contributed by atoms with van der Waals surface area (Å²) in [4.78, 5) is 0. The molecule has 0 fully saturated rings. The van der Waals surface area contributed by atoms with Crippen molar-refractivity contribution in [3.8, 4) is 0 Å². The van der Waals surface area contributed by atoms with Gasteiger partial charge in [-0.05, 0) is 12.3 Å². The molecule has 11 heavy (non-hydrogen) atoms. The van der Waals surface area contributed by atoms with Crippen molar-refractivity contribution in [1.82, 2.24) is 0 Å². The molecule has 0 aromatic rings. The van der Waals surface area contributed by atoms with Gasteiger partial charge in [-0.25, -0.2) is 0 Å². The van der Waals surface area contributed by atoms with E-state index in [1.807, 2.05) is 0 Å². The summed E-state index contributed by atoms with van der Waals surface area (Å²) >= 11 is -1.84. The van der Waals surface area contributed by atoms with E-state index < -0.39 is 11.1 Å². The number of unbranched alkanes of at least 4 members (excludes halogenated alkanes) is 1. The zero-order valence-corrected chi connectivity index (χ0v) is 8.15. The van der Waals surface area contributed by atoms with Crippen molar-refractivity contribution in [1.29, 1.82) is 0 Å². The van der Waals surface area contributed by atoms with Gasteiger partial charge in [-0.2, -0.15) is 0 Å². The minimum atomic E-state index is -1.84. The van der Waals surface area contributed by atoms with Crippen LogP contribution < -0.4 is 0 Å². The van der Waals surface area contributed by atoms with Crippen LogP contribution in [0.2, 0.25) is 0 Å². The van der Waals surface area contributed by atoms with Gasteiger partial charge in [-0.1, -0.05) is 44.2 Å². The maximum atomic E-state index is 10.2. The van der Waals surface area contributed by atoms with E-state index in [1.165, 1.54) is 12.8 Å². The molecule has 0 saturated heterocycles. The normalized spacial score (nSPS) is 16.3. The first-order chi connectivity index (χ1) is 5.16. The Labute approximate surface area is 71.7 Å². The summed E-state index contributed by atoms with van der Waals surface area (Å²) in [5, 5.41) is 0. The van der Waals surface area contributed by atoms with Crippen LogP contribution in [-0.2, 0) is 11.1 Å². The van der Waals surface area contributed by atoms with Crippen LogP contribution in [0.5, 0.6) is 0 Å². The molecule has 0 bridgehead atoms. The molecule has 0 aliphatic heterocycles. The van der Waals surface area contributed by atoms with Gasteiger partial charge >= 0.3 is 0 Å². The molecule has 68 valence electrons. The van der Waals surface area contributed by atoms with Gasteiger partial charge in [-0.3, -0.25) is 4.21 Å². The van der Waals surface area contributed by atoms with Crippen molar-refractivity contribution in [2.24, 2.45) is 5.92 Å². The molecule has 3 heteroatoms. The summed E-state index contributed by atoms with van der Waals surface area (Å²) in [6.45, 7) is 4.26. The van der Waals surface area contributed by atoms with Crippen LogP contribution in [-0.4, -0.2) is 14.5 Å². The molecule has 0 aromatic carbocycles. The Kier molecular flexibility index (Phi) is 6.87. The average Bonchev–Trinajstić information content (AvgIpc) is 1.97. The van der Waals surface area contributed by atoms with Gasteiger partial charge < -0.3 is 4.55 Å². The van der Waals surface area contributed by atoms with Crippen molar-refractivity contribution < 1.29 is 8.76 Å². The highest BCUT2D eigenvalue weighted by Gasteiger charge is 2.00. The quantitative estimate of drug-likeness (QED) is 0.583. The van der Waals surface area contributed by atoms with E-state index in [4.69, 9.17) is 0 Å². The predicted molar refractivity (Wildman–Crippen MR) is 47.1 cm³/mol. The number of hydrogen-bond acceptors (Lipinski definition) is 2. The SMILES string of the molecule is CCCCC(C)CCS(=O)[O-]. The number of rotatable bonds is 6. The van der Waals surface area contributed by atoms with Crippen LogP contribution in [0.25, 0.3) is 0 Å². The summed E-state index contributed by atoms with van der Waals surface area (Å²) in [5.41, 5.74) is 0. The molecular formula is C8H17O2S-. The van der Waals surface area contributed by atoms with E-state index in [-0.39, 0.29) is 0 Å². The van der Waals surface area contributed by atoms with E-state index in [0.717, 1.165) is 12.8 Å². The molecule has 0 N–H and O–H groups in total. The Bertz CT molecular complexity index is 115. The molecule has 0 rings (SSSR count). The second-order valence-electron chi connectivity index (χ2n) is 3.04. The molecule has 2 atom stereocenters. The minimum Gasteiger partial charge on any atom is -0.772 e. The Hall–Kier alpha value is 0.110. The first kappa shape index (κ1) is 11.1. The smallest absolute Gasteiger partial charge is 0.0104 e. The highest BCUT2D eigenvalue weighted by Crippen LogP contribution is 2.11. The van der Waals surface area contributed by atoms with E-state index in [0.29, 0.717) is 11.7 Å². The maximum Gasteiger partial charge on any atom is 0.0104 e. The lowest BCUT2D eigenvalue weighted by atomic mass is 10.0. The standard InChI is InChI=1S/C8H18O2S/c1-3-4-5-8(2)6-7-11(9)10/h8H,3-7H2,1-2H3,(H,9,10)/p-1. The van der Waals surface area contributed by atoms with Gasteiger partial charge in [0.2, 0.25) is 0 Å².